The maximum atomic E-state index is 12.2. The molecule has 3 rings (SSSR count). The van der Waals surface area contributed by atoms with Crippen LogP contribution in [-0.4, -0.2) is 23.3 Å². The molecule has 0 spiro atoms. The first-order valence-electron chi connectivity index (χ1n) is 7.55. The second-order valence-electron chi connectivity index (χ2n) is 5.58. The number of anilines is 1. The normalized spacial score (nSPS) is 14.1. The molecular formula is C18H17IN2O2. The second-order valence-corrected chi connectivity index (χ2v) is 6.82. The molecule has 0 aromatic heterocycles. The molecule has 0 bridgehead atoms. The van der Waals surface area contributed by atoms with Crippen LogP contribution in [0.25, 0.3) is 0 Å². The second kappa shape index (κ2) is 7.12. The number of carbonyl (C=O) groups is 2. The molecule has 4 nitrogen and oxygen atoms in total. The molecule has 1 aliphatic heterocycles. The Balaban J connectivity index is 1.63. The van der Waals surface area contributed by atoms with E-state index in [9.17, 15) is 9.59 Å². The highest BCUT2D eigenvalue weighted by Gasteiger charge is 2.19. The Morgan fingerprint density at radius 1 is 1.09 bits per heavy atom. The van der Waals surface area contributed by atoms with E-state index < -0.39 is 0 Å². The highest BCUT2D eigenvalue weighted by molar-refractivity contribution is 14.1. The van der Waals surface area contributed by atoms with Gasteiger partial charge >= 0.3 is 0 Å². The van der Waals surface area contributed by atoms with Crippen molar-refractivity contribution < 1.29 is 9.59 Å². The molecule has 2 aromatic carbocycles. The van der Waals surface area contributed by atoms with Gasteiger partial charge in [0.05, 0.1) is 0 Å². The molecule has 1 saturated heterocycles. The molecule has 1 N–H and O–H groups in total. The molecule has 2 amide bonds. The number of hydrogen-bond acceptors (Lipinski definition) is 2. The van der Waals surface area contributed by atoms with Gasteiger partial charge in [-0.3, -0.25) is 9.59 Å². The summed E-state index contributed by atoms with van der Waals surface area (Å²) < 4.78 is 1.13. The van der Waals surface area contributed by atoms with Crippen LogP contribution in [0.4, 0.5) is 5.69 Å². The number of likely N-dealkylation sites (tertiary alicyclic amines) is 1. The van der Waals surface area contributed by atoms with Crippen LogP contribution in [-0.2, 0) is 11.3 Å². The van der Waals surface area contributed by atoms with Crippen LogP contribution in [0.5, 0.6) is 0 Å². The van der Waals surface area contributed by atoms with Crippen molar-refractivity contribution in [3.8, 4) is 0 Å². The molecule has 0 atom stereocenters. The van der Waals surface area contributed by atoms with E-state index in [0.717, 1.165) is 27.8 Å². The van der Waals surface area contributed by atoms with Crippen LogP contribution in [0.15, 0.2) is 48.5 Å². The van der Waals surface area contributed by atoms with Crippen LogP contribution in [0.1, 0.15) is 28.8 Å². The lowest BCUT2D eigenvalue weighted by Gasteiger charge is -2.15. The summed E-state index contributed by atoms with van der Waals surface area (Å²) in [5.41, 5.74) is 2.44. The fourth-order valence-corrected chi connectivity index (χ4v) is 2.95. The van der Waals surface area contributed by atoms with Gasteiger partial charge in [0.1, 0.15) is 0 Å². The van der Waals surface area contributed by atoms with Crippen molar-refractivity contribution in [2.24, 2.45) is 0 Å². The lowest BCUT2D eigenvalue weighted by molar-refractivity contribution is -0.128. The zero-order valence-electron chi connectivity index (χ0n) is 12.6. The van der Waals surface area contributed by atoms with Gasteiger partial charge in [-0.1, -0.05) is 12.1 Å². The molecule has 2 aromatic rings. The maximum absolute atomic E-state index is 12.2. The van der Waals surface area contributed by atoms with Gasteiger partial charge in [-0.2, -0.15) is 0 Å². The summed E-state index contributed by atoms with van der Waals surface area (Å²) in [6.45, 7) is 1.45. The Hall–Kier alpha value is -1.89. The van der Waals surface area contributed by atoms with Crippen LogP contribution >= 0.6 is 22.6 Å². The first kappa shape index (κ1) is 16.0. The lowest BCUT2D eigenvalue weighted by Crippen LogP contribution is -2.23. The quantitative estimate of drug-likeness (QED) is 0.768. The number of amides is 2. The lowest BCUT2D eigenvalue weighted by atomic mass is 10.1. The number of carbonyl (C=O) groups excluding carboxylic acids is 2. The van der Waals surface area contributed by atoms with Gasteiger partial charge in [0.15, 0.2) is 0 Å². The summed E-state index contributed by atoms with van der Waals surface area (Å²) in [5, 5.41) is 2.88. The van der Waals surface area contributed by atoms with E-state index in [1.165, 1.54) is 0 Å². The third-order valence-corrected chi connectivity index (χ3v) is 4.58. The summed E-state index contributed by atoms with van der Waals surface area (Å²) in [5.74, 6) is 0.0838. The minimum absolute atomic E-state index is 0.130. The largest absolute Gasteiger partial charge is 0.338 e. The molecule has 0 radical (unpaired) electrons. The molecule has 0 saturated carbocycles. The molecule has 118 valence electrons. The Morgan fingerprint density at radius 2 is 1.78 bits per heavy atom. The number of benzene rings is 2. The minimum Gasteiger partial charge on any atom is -0.338 e. The number of nitrogens with one attached hydrogen (secondary N) is 1. The van der Waals surface area contributed by atoms with E-state index in [1.54, 1.807) is 12.1 Å². The van der Waals surface area contributed by atoms with Gasteiger partial charge in [-0.25, -0.2) is 0 Å². The van der Waals surface area contributed by atoms with Crippen molar-refractivity contribution in [2.75, 3.05) is 11.9 Å². The number of hydrogen-bond donors (Lipinski definition) is 1. The Kier molecular flexibility index (Phi) is 4.95. The van der Waals surface area contributed by atoms with Crippen LogP contribution < -0.4 is 5.32 Å². The molecule has 5 heteroatoms. The molecule has 1 heterocycles. The summed E-state index contributed by atoms with van der Waals surface area (Å²) in [4.78, 5) is 25.7. The van der Waals surface area contributed by atoms with E-state index in [0.29, 0.717) is 18.5 Å². The standard InChI is InChI=1S/C18H17IN2O2/c19-15-7-9-16(10-8-15)20-18(23)14-5-3-13(4-6-14)12-21-11-1-2-17(21)22/h3-10H,1-2,11-12H2,(H,20,23). The number of nitrogens with zero attached hydrogens (tertiary/aromatic N) is 1. The average Bonchev–Trinajstić information content (AvgIpc) is 2.95. The molecule has 1 aliphatic rings. The van der Waals surface area contributed by atoms with E-state index in [1.807, 2.05) is 41.3 Å². The molecule has 0 aliphatic carbocycles. The zero-order chi connectivity index (χ0) is 16.2. The van der Waals surface area contributed by atoms with Crippen molar-refractivity contribution in [3.05, 3.63) is 63.2 Å². The summed E-state index contributed by atoms with van der Waals surface area (Å²) in [7, 11) is 0. The fraction of sp³-hybridized carbons (Fsp3) is 0.222. The van der Waals surface area contributed by atoms with Crippen molar-refractivity contribution in [2.45, 2.75) is 19.4 Å². The van der Waals surface area contributed by atoms with Crippen molar-refractivity contribution in [1.82, 2.24) is 4.90 Å². The van der Waals surface area contributed by atoms with Crippen LogP contribution in [0, 0.1) is 3.57 Å². The van der Waals surface area contributed by atoms with E-state index in [4.69, 9.17) is 0 Å². The van der Waals surface area contributed by atoms with Gasteiger partial charge < -0.3 is 10.2 Å². The van der Waals surface area contributed by atoms with Gasteiger partial charge in [0, 0.05) is 34.3 Å². The fourth-order valence-electron chi connectivity index (χ4n) is 2.59. The summed E-state index contributed by atoms with van der Waals surface area (Å²) in [6, 6.07) is 15.1. The molecular weight excluding hydrogens is 403 g/mol. The summed E-state index contributed by atoms with van der Waals surface area (Å²) in [6.07, 6.45) is 1.59. The predicted octanol–water partition coefficient (Wildman–Crippen LogP) is 3.67. The van der Waals surface area contributed by atoms with E-state index >= 15 is 0 Å². The molecule has 0 unspecified atom stereocenters. The van der Waals surface area contributed by atoms with Gasteiger partial charge in [0.25, 0.3) is 5.91 Å². The molecule has 1 fully saturated rings. The average molecular weight is 420 g/mol. The Morgan fingerprint density at radius 3 is 2.39 bits per heavy atom. The van der Waals surface area contributed by atoms with Crippen molar-refractivity contribution in [1.29, 1.82) is 0 Å². The zero-order valence-corrected chi connectivity index (χ0v) is 14.7. The third-order valence-electron chi connectivity index (χ3n) is 3.86. The topological polar surface area (TPSA) is 49.4 Å². The summed E-state index contributed by atoms with van der Waals surface area (Å²) >= 11 is 2.23. The highest BCUT2D eigenvalue weighted by atomic mass is 127. The van der Waals surface area contributed by atoms with Crippen LogP contribution in [0.2, 0.25) is 0 Å². The number of halogens is 1. The Labute approximate surface area is 149 Å². The van der Waals surface area contributed by atoms with E-state index in [2.05, 4.69) is 27.9 Å². The highest BCUT2D eigenvalue weighted by Crippen LogP contribution is 2.16. The third kappa shape index (κ3) is 4.10. The smallest absolute Gasteiger partial charge is 0.255 e. The van der Waals surface area contributed by atoms with Crippen molar-refractivity contribution >= 4 is 40.1 Å². The minimum atomic E-state index is -0.130. The first-order chi connectivity index (χ1) is 11.1. The SMILES string of the molecule is O=C(Nc1ccc(I)cc1)c1ccc(CN2CCCC2=O)cc1. The van der Waals surface area contributed by atoms with Gasteiger partial charge in [-0.15, -0.1) is 0 Å². The number of rotatable bonds is 4. The van der Waals surface area contributed by atoms with Crippen molar-refractivity contribution in [3.63, 3.8) is 0 Å². The van der Waals surface area contributed by atoms with Gasteiger partial charge in [-0.05, 0) is 71.0 Å². The predicted molar refractivity (Wildman–Crippen MR) is 98.2 cm³/mol. The Bertz CT molecular complexity index is 711. The van der Waals surface area contributed by atoms with E-state index in [-0.39, 0.29) is 11.8 Å². The first-order valence-corrected chi connectivity index (χ1v) is 8.63. The molecule has 23 heavy (non-hydrogen) atoms. The van der Waals surface area contributed by atoms with Gasteiger partial charge in [0.2, 0.25) is 5.91 Å². The maximum Gasteiger partial charge on any atom is 0.255 e. The van der Waals surface area contributed by atoms with Crippen LogP contribution in [0.3, 0.4) is 0 Å². The monoisotopic (exact) mass is 420 g/mol.